The first-order valence-corrected chi connectivity index (χ1v) is 10.9. The fourth-order valence-corrected chi connectivity index (χ4v) is 4.18. The predicted molar refractivity (Wildman–Crippen MR) is 120 cm³/mol. The number of anilines is 1. The van der Waals surface area contributed by atoms with Gasteiger partial charge in [0.15, 0.2) is 5.78 Å². The van der Waals surface area contributed by atoms with E-state index >= 15 is 0 Å². The molecule has 2 aromatic rings. The molecule has 7 nitrogen and oxygen atoms in total. The Morgan fingerprint density at radius 3 is 2.44 bits per heavy atom. The van der Waals surface area contributed by atoms with Crippen LogP contribution in [0, 0.1) is 5.92 Å². The van der Waals surface area contributed by atoms with Crippen LogP contribution >= 0.6 is 0 Å². The minimum atomic E-state index is -1.19. The van der Waals surface area contributed by atoms with Gasteiger partial charge >= 0.3 is 6.03 Å². The van der Waals surface area contributed by atoms with E-state index in [4.69, 9.17) is 0 Å². The van der Waals surface area contributed by atoms with Crippen LogP contribution in [0.25, 0.3) is 0 Å². The summed E-state index contributed by atoms with van der Waals surface area (Å²) in [6.45, 7) is 4.92. The number of urea groups is 1. The summed E-state index contributed by atoms with van der Waals surface area (Å²) in [6.07, 6.45) is 3.10. The maximum absolute atomic E-state index is 13.2. The molecular formula is C25H27N3O4. The summed E-state index contributed by atoms with van der Waals surface area (Å²) in [5.41, 5.74) is 2.98. The van der Waals surface area contributed by atoms with Crippen molar-refractivity contribution in [2.45, 2.75) is 45.6 Å². The molecule has 4 rings (SSSR count). The van der Waals surface area contributed by atoms with Crippen molar-refractivity contribution in [1.82, 2.24) is 10.2 Å². The zero-order chi connectivity index (χ0) is 23.0. The van der Waals surface area contributed by atoms with Gasteiger partial charge in [0.2, 0.25) is 5.91 Å². The van der Waals surface area contributed by atoms with Crippen molar-refractivity contribution in [3.8, 4) is 0 Å². The van der Waals surface area contributed by atoms with E-state index < -0.39 is 17.5 Å². The standard InChI is InChI=1S/C25H27N3O4/c1-15(2)22(30)26-20-11-8-17(9-12-20)21(29)14-28-23(31)25(3,27-24(28)32)19-10-7-16-5-4-6-18(16)13-19/h7-13,15H,4-6,14H2,1-3H3,(H,26,30)(H,27,32). The van der Waals surface area contributed by atoms with Crippen LogP contribution in [0.2, 0.25) is 0 Å². The molecule has 0 radical (unpaired) electrons. The van der Waals surface area contributed by atoms with Crippen molar-refractivity contribution in [3.05, 3.63) is 64.7 Å². The van der Waals surface area contributed by atoms with Gasteiger partial charge < -0.3 is 10.6 Å². The number of Topliss-reactive ketones (excluding diaryl/α,β-unsaturated/α-hetero) is 1. The summed E-state index contributed by atoms with van der Waals surface area (Å²) >= 11 is 0. The number of carbonyl (C=O) groups is 4. The number of hydrogen-bond donors (Lipinski definition) is 2. The molecule has 7 heteroatoms. The lowest BCUT2D eigenvalue weighted by Crippen LogP contribution is -2.41. The van der Waals surface area contributed by atoms with Gasteiger partial charge in [-0.1, -0.05) is 32.0 Å². The van der Waals surface area contributed by atoms with Crippen LogP contribution < -0.4 is 10.6 Å². The zero-order valence-electron chi connectivity index (χ0n) is 18.5. The van der Waals surface area contributed by atoms with Crippen molar-refractivity contribution in [3.63, 3.8) is 0 Å². The first kappa shape index (κ1) is 21.7. The normalized spacial score (nSPS) is 19.8. The minimum absolute atomic E-state index is 0.116. The Kier molecular flexibility index (Phi) is 5.59. The summed E-state index contributed by atoms with van der Waals surface area (Å²) in [4.78, 5) is 51.4. The van der Waals surface area contributed by atoms with Gasteiger partial charge in [0.1, 0.15) is 5.54 Å². The molecule has 1 unspecified atom stereocenters. The van der Waals surface area contributed by atoms with Gasteiger partial charge in [0.05, 0.1) is 6.54 Å². The molecule has 0 spiro atoms. The Balaban J connectivity index is 1.47. The first-order chi connectivity index (χ1) is 15.2. The second kappa shape index (κ2) is 8.22. The second-order valence-corrected chi connectivity index (χ2v) is 8.93. The molecule has 166 valence electrons. The van der Waals surface area contributed by atoms with E-state index in [1.807, 2.05) is 18.2 Å². The molecule has 2 N–H and O–H groups in total. The lowest BCUT2D eigenvalue weighted by molar-refractivity contribution is -0.130. The van der Waals surface area contributed by atoms with Crippen LogP contribution in [0.4, 0.5) is 10.5 Å². The van der Waals surface area contributed by atoms with E-state index in [1.54, 1.807) is 45.0 Å². The van der Waals surface area contributed by atoms with Crippen LogP contribution in [-0.4, -0.2) is 35.1 Å². The number of nitrogens with zero attached hydrogens (tertiary/aromatic N) is 1. The third-order valence-electron chi connectivity index (χ3n) is 6.25. The number of aryl methyl sites for hydroxylation is 2. The number of carbonyl (C=O) groups excluding carboxylic acids is 4. The van der Waals surface area contributed by atoms with E-state index in [0.29, 0.717) is 11.3 Å². The number of nitrogens with one attached hydrogen (secondary N) is 2. The number of fused-ring (bicyclic) bond motifs is 1. The number of rotatable bonds is 6. The fourth-order valence-electron chi connectivity index (χ4n) is 4.18. The molecule has 32 heavy (non-hydrogen) atoms. The summed E-state index contributed by atoms with van der Waals surface area (Å²) in [5, 5.41) is 5.54. The molecule has 1 atom stereocenters. The Morgan fingerprint density at radius 2 is 1.75 bits per heavy atom. The zero-order valence-corrected chi connectivity index (χ0v) is 18.5. The maximum Gasteiger partial charge on any atom is 0.325 e. The monoisotopic (exact) mass is 433 g/mol. The van der Waals surface area contributed by atoms with Crippen molar-refractivity contribution in [2.75, 3.05) is 11.9 Å². The number of ketones is 1. The molecule has 4 amide bonds. The molecule has 1 fully saturated rings. The molecule has 0 bridgehead atoms. The Bertz CT molecular complexity index is 1110. The van der Waals surface area contributed by atoms with E-state index in [9.17, 15) is 19.2 Å². The second-order valence-electron chi connectivity index (χ2n) is 8.93. The molecule has 0 saturated carbocycles. The Hall–Kier alpha value is -3.48. The Morgan fingerprint density at radius 1 is 1.06 bits per heavy atom. The van der Waals surface area contributed by atoms with Crippen molar-refractivity contribution in [1.29, 1.82) is 0 Å². The van der Waals surface area contributed by atoms with Gasteiger partial charge in [-0.2, -0.15) is 0 Å². The van der Waals surface area contributed by atoms with E-state index in [-0.39, 0.29) is 24.2 Å². The Labute approximate surface area is 187 Å². The average molecular weight is 434 g/mol. The number of imide groups is 1. The minimum Gasteiger partial charge on any atom is -0.326 e. The highest BCUT2D eigenvalue weighted by Gasteiger charge is 2.49. The largest absolute Gasteiger partial charge is 0.326 e. The van der Waals surface area contributed by atoms with Gasteiger partial charge in [-0.05, 0) is 67.1 Å². The number of amides is 4. The fraction of sp³-hybridized carbons (Fsp3) is 0.360. The SMILES string of the molecule is CC(C)C(=O)Nc1ccc(C(=O)CN2C(=O)NC(C)(c3ccc4c(c3)CCC4)C2=O)cc1. The number of benzene rings is 2. The molecular weight excluding hydrogens is 406 g/mol. The summed E-state index contributed by atoms with van der Waals surface area (Å²) in [7, 11) is 0. The molecule has 1 heterocycles. The van der Waals surface area contributed by atoms with Crippen molar-refractivity contribution >= 4 is 29.3 Å². The van der Waals surface area contributed by atoms with Gasteiger partial charge in [-0.25, -0.2) is 4.79 Å². The molecule has 2 aromatic carbocycles. The van der Waals surface area contributed by atoms with Gasteiger partial charge in [-0.15, -0.1) is 0 Å². The average Bonchev–Trinajstić information content (AvgIpc) is 3.32. The topological polar surface area (TPSA) is 95.6 Å². The smallest absolute Gasteiger partial charge is 0.325 e. The predicted octanol–water partition coefficient (Wildman–Crippen LogP) is 3.42. The van der Waals surface area contributed by atoms with Crippen molar-refractivity contribution < 1.29 is 19.2 Å². The van der Waals surface area contributed by atoms with E-state index in [0.717, 1.165) is 29.7 Å². The summed E-state index contributed by atoms with van der Waals surface area (Å²) < 4.78 is 0. The van der Waals surface area contributed by atoms with E-state index in [2.05, 4.69) is 10.6 Å². The van der Waals surface area contributed by atoms with Crippen molar-refractivity contribution in [2.24, 2.45) is 5.92 Å². The van der Waals surface area contributed by atoms with Gasteiger partial charge in [0, 0.05) is 17.2 Å². The highest BCUT2D eigenvalue weighted by atomic mass is 16.2. The quantitative estimate of drug-likeness (QED) is 0.539. The molecule has 2 aliphatic rings. The summed E-state index contributed by atoms with van der Waals surface area (Å²) in [6, 6.07) is 11.8. The molecule has 1 saturated heterocycles. The number of hydrogen-bond acceptors (Lipinski definition) is 4. The highest BCUT2D eigenvalue weighted by molar-refractivity contribution is 6.11. The van der Waals surface area contributed by atoms with Crippen LogP contribution in [0.15, 0.2) is 42.5 Å². The third-order valence-corrected chi connectivity index (χ3v) is 6.25. The van der Waals surface area contributed by atoms with Crippen LogP contribution in [-0.2, 0) is 28.0 Å². The maximum atomic E-state index is 13.2. The molecule has 0 aromatic heterocycles. The highest BCUT2D eigenvalue weighted by Crippen LogP contribution is 2.32. The summed E-state index contributed by atoms with van der Waals surface area (Å²) in [5.74, 6) is -1.06. The van der Waals surface area contributed by atoms with Crippen LogP contribution in [0.5, 0.6) is 0 Å². The lowest BCUT2D eigenvalue weighted by Gasteiger charge is -2.23. The van der Waals surface area contributed by atoms with Crippen LogP contribution in [0.1, 0.15) is 54.2 Å². The van der Waals surface area contributed by atoms with Crippen LogP contribution in [0.3, 0.4) is 0 Å². The first-order valence-electron chi connectivity index (χ1n) is 10.9. The lowest BCUT2D eigenvalue weighted by atomic mass is 9.89. The van der Waals surface area contributed by atoms with E-state index in [1.165, 1.54) is 11.1 Å². The third kappa shape index (κ3) is 3.90. The van der Waals surface area contributed by atoms with Gasteiger partial charge in [0.25, 0.3) is 5.91 Å². The van der Waals surface area contributed by atoms with Gasteiger partial charge in [-0.3, -0.25) is 19.3 Å². The molecule has 1 aliphatic carbocycles. The molecule has 1 aliphatic heterocycles.